The molecule has 0 amide bonds. The van der Waals surface area contributed by atoms with E-state index in [2.05, 4.69) is 39.9 Å². The highest BCUT2D eigenvalue weighted by molar-refractivity contribution is 4.82. The third-order valence-corrected chi connectivity index (χ3v) is 4.00. The first-order valence-electron chi connectivity index (χ1n) is 7.16. The van der Waals surface area contributed by atoms with Gasteiger partial charge in [-0.1, -0.05) is 47.5 Å². The van der Waals surface area contributed by atoms with E-state index in [1.54, 1.807) is 7.11 Å². The number of nitrogens with one attached hydrogen (secondary N) is 1. The first-order chi connectivity index (χ1) is 7.96. The lowest BCUT2D eigenvalue weighted by atomic mass is 9.72. The van der Waals surface area contributed by atoms with Crippen LogP contribution in [-0.2, 0) is 4.74 Å². The number of ether oxygens (including phenoxy) is 1. The van der Waals surface area contributed by atoms with E-state index in [9.17, 15) is 0 Å². The van der Waals surface area contributed by atoms with Crippen LogP contribution in [0.2, 0.25) is 0 Å². The lowest BCUT2D eigenvalue weighted by molar-refractivity contribution is 0.147. The SMILES string of the molecule is CCCC(C)CC(C)(CNCCOC)C(C)C. The Labute approximate surface area is 109 Å². The van der Waals surface area contributed by atoms with Crippen molar-refractivity contribution in [2.45, 2.75) is 53.9 Å². The van der Waals surface area contributed by atoms with E-state index >= 15 is 0 Å². The Morgan fingerprint density at radius 2 is 1.88 bits per heavy atom. The van der Waals surface area contributed by atoms with Crippen LogP contribution in [0.4, 0.5) is 0 Å². The molecule has 0 aromatic rings. The van der Waals surface area contributed by atoms with Crippen molar-refractivity contribution in [3.05, 3.63) is 0 Å². The smallest absolute Gasteiger partial charge is 0.0587 e. The van der Waals surface area contributed by atoms with Crippen molar-refractivity contribution in [1.29, 1.82) is 0 Å². The standard InChI is InChI=1S/C15H33NO/c1-7-8-14(4)11-15(5,13(2)3)12-16-9-10-17-6/h13-14,16H,7-12H2,1-6H3. The van der Waals surface area contributed by atoms with Gasteiger partial charge in [0.15, 0.2) is 0 Å². The first-order valence-corrected chi connectivity index (χ1v) is 7.16. The van der Waals surface area contributed by atoms with Crippen LogP contribution in [0.5, 0.6) is 0 Å². The van der Waals surface area contributed by atoms with E-state index in [0.29, 0.717) is 5.41 Å². The summed E-state index contributed by atoms with van der Waals surface area (Å²) in [6.07, 6.45) is 3.96. The maximum Gasteiger partial charge on any atom is 0.0587 e. The second-order valence-electron chi connectivity index (χ2n) is 6.08. The molecule has 2 atom stereocenters. The van der Waals surface area contributed by atoms with Crippen LogP contribution >= 0.6 is 0 Å². The Bertz CT molecular complexity index is 182. The molecule has 0 aliphatic heterocycles. The van der Waals surface area contributed by atoms with Gasteiger partial charge in [-0.3, -0.25) is 0 Å². The minimum absolute atomic E-state index is 0.405. The molecule has 1 N–H and O–H groups in total. The molecule has 0 radical (unpaired) electrons. The topological polar surface area (TPSA) is 21.3 Å². The number of hydrogen-bond acceptors (Lipinski definition) is 2. The summed E-state index contributed by atoms with van der Waals surface area (Å²) in [5.41, 5.74) is 0.405. The molecule has 17 heavy (non-hydrogen) atoms. The van der Waals surface area contributed by atoms with Crippen LogP contribution in [0.1, 0.15) is 53.9 Å². The summed E-state index contributed by atoms with van der Waals surface area (Å²) < 4.78 is 5.07. The molecular formula is C15H33NO. The van der Waals surface area contributed by atoms with Crippen molar-refractivity contribution in [2.24, 2.45) is 17.3 Å². The number of methoxy groups -OCH3 is 1. The molecule has 0 fully saturated rings. The Morgan fingerprint density at radius 1 is 1.24 bits per heavy atom. The summed E-state index contributed by atoms with van der Waals surface area (Å²) in [7, 11) is 1.76. The summed E-state index contributed by atoms with van der Waals surface area (Å²) in [6.45, 7) is 14.6. The molecule has 104 valence electrons. The van der Waals surface area contributed by atoms with Crippen LogP contribution in [0, 0.1) is 17.3 Å². The van der Waals surface area contributed by atoms with Crippen molar-refractivity contribution in [3.8, 4) is 0 Å². The molecule has 0 aromatic heterocycles. The molecule has 2 heteroatoms. The lowest BCUT2D eigenvalue weighted by Crippen LogP contribution is -2.38. The fraction of sp³-hybridized carbons (Fsp3) is 1.00. The predicted octanol–water partition coefficient (Wildman–Crippen LogP) is 3.71. The molecule has 0 rings (SSSR count). The normalized spacial score (nSPS) is 17.1. The third-order valence-electron chi connectivity index (χ3n) is 4.00. The monoisotopic (exact) mass is 243 g/mol. The molecule has 2 unspecified atom stereocenters. The zero-order valence-electron chi connectivity index (χ0n) is 12.8. The highest BCUT2D eigenvalue weighted by Gasteiger charge is 2.29. The second-order valence-corrected chi connectivity index (χ2v) is 6.08. The molecule has 0 aliphatic carbocycles. The minimum Gasteiger partial charge on any atom is -0.383 e. The van der Waals surface area contributed by atoms with E-state index in [1.165, 1.54) is 19.3 Å². The highest BCUT2D eigenvalue weighted by Crippen LogP contribution is 2.34. The summed E-state index contributed by atoms with van der Waals surface area (Å²) in [6, 6.07) is 0. The van der Waals surface area contributed by atoms with E-state index in [1.807, 2.05) is 0 Å². The summed E-state index contributed by atoms with van der Waals surface area (Å²) in [5, 5.41) is 3.53. The summed E-state index contributed by atoms with van der Waals surface area (Å²) >= 11 is 0. The van der Waals surface area contributed by atoms with Crippen LogP contribution in [0.25, 0.3) is 0 Å². The van der Waals surface area contributed by atoms with E-state index in [-0.39, 0.29) is 0 Å². The first kappa shape index (κ1) is 16.9. The average Bonchev–Trinajstić information content (AvgIpc) is 2.24. The van der Waals surface area contributed by atoms with Crippen molar-refractivity contribution in [2.75, 3.05) is 26.8 Å². The average molecular weight is 243 g/mol. The maximum atomic E-state index is 5.07. The van der Waals surface area contributed by atoms with Gasteiger partial charge in [0, 0.05) is 20.2 Å². The van der Waals surface area contributed by atoms with Crippen molar-refractivity contribution in [1.82, 2.24) is 5.32 Å². The van der Waals surface area contributed by atoms with Crippen molar-refractivity contribution in [3.63, 3.8) is 0 Å². The van der Waals surface area contributed by atoms with Gasteiger partial charge >= 0.3 is 0 Å². The van der Waals surface area contributed by atoms with Gasteiger partial charge in [0.2, 0.25) is 0 Å². The van der Waals surface area contributed by atoms with Gasteiger partial charge in [-0.05, 0) is 23.7 Å². The van der Waals surface area contributed by atoms with Gasteiger partial charge in [-0.15, -0.1) is 0 Å². The molecular weight excluding hydrogens is 210 g/mol. The highest BCUT2D eigenvalue weighted by atomic mass is 16.5. The zero-order valence-corrected chi connectivity index (χ0v) is 12.8. The Hall–Kier alpha value is -0.0800. The van der Waals surface area contributed by atoms with Crippen LogP contribution in [-0.4, -0.2) is 26.8 Å². The largest absolute Gasteiger partial charge is 0.383 e. The van der Waals surface area contributed by atoms with E-state index in [0.717, 1.165) is 31.5 Å². The molecule has 0 aromatic carbocycles. The van der Waals surface area contributed by atoms with E-state index < -0.39 is 0 Å². The molecule has 0 saturated heterocycles. The van der Waals surface area contributed by atoms with Gasteiger partial charge in [0.25, 0.3) is 0 Å². The molecule has 0 spiro atoms. The van der Waals surface area contributed by atoms with Gasteiger partial charge < -0.3 is 10.1 Å². The third kappa shape index (κ3) is 7.05. The zero-order chi connectivity index (χ0) is 13.3. The van der Waals surface area contributed by atoms with Crippen LogP contribution < -0.4 is 5.32 Å². The van der Waals surface area contributed by atoms with Crippen LogP contribution in [0.15, 0.2) is 0 Å². The molecule has 0 bridgehead atoms. The fourth-order valence-electron chi connectivity index (χ4n) is 2.45. The van der Waals surface area contributed by atoms with Gasteiger partial charge in [-0.25, -0.2) is 0 Å². The Kier molecular flexibility index (Phi) is 8.89. The quantitative estimate of drug-likeness (QED) is 0.591. The molecule has 0 saturated carbocycles. The molecule has 0 aliphatic rings. The molecule has 2 nitrogen and oxygen atoms in total. The van der Waals surface area contributed by atoms with Crippen LogP contribution in [0.3, 0.4) is 0 Å². The van der Waals surface area contributed by atoms with Gasteiger partial charge in [0.1, 0.15) is 0 Å². The maximum absolute atomic E-state index is 5.07. The van der Waals surface area contributed by atoms with Gasteiger partial charge in [-0.2, -0.15) is 0 Å². The Balaban J connectivity index is 4.15. The Morgan fingerprint density at radius 3 is 2.35 bits per heavy atom. The summed E-state index contributed by atoms with van der Waals surface area (Å²) in [4.78, 5) is 0. The van der Waals surface area contributed by atoms with Gasteiger partial charge in [0.05, 0.1) is 6.61 Å². The fourth-order valence-corrected chi connectivity index (χ4v) is 2.45. The van der Waals surface area contributed by atoms with Crippen molar-refractivity contribution < 1.29 is 4.74 Å². The molecule has 0 heterocycles. The summed E-state index contributed by atoms with van der Waals surface area (Å²) in [5.74, 6) is 1.55. The second kappa shape index (κ2) is 8.93. The van der Waals surface area contributed by atoms with Crippen molar-refractivity contribution >= 4 is 0 Å². The number of hydrogen-bond donors (Lipinski definition) is 1. The minimum atomic E-state index is 0.405. The number of rotatable bonds is 10. The lowest BCUT2D eigenvalue weighted by Gasteiger charge is -2.36. The predicted molar refractivity (Wildman–Crippen MR) is 76.4 cm³/mol. The van der Waals surface area contributed by atoms with E-state index in [4.69, 9.17) is 4.74 Å².